The minimum Gasteiger partial charge on any atom is -0.465 e. The Labute approximate surface area is 163 Å². The molecule has 1 aromatic rings. The number of carbonyl (C=O) groups excluding carboxylic acids is 1. The molecule has 0 fully saturated rings. The minimum absolute atomic E-state index is 0.0282. The second kappa shape index (κ2) is 7.60. The molecule has 0 heterocycles. The largest absolute Gasteiger partial charge is 0.465 e. The predicted molar refractivity (Wildman–Crippen MR) is 104 cm³/mol. The lowest BCUT2D eigenvalue weighted by atomic mass is 9.76. The molecule has 0 aliphatic heterocycles. The summed E-state index contributed by atoms with van der Waals surface area (Å²) in [7, 11) is -2.56. The first kappa shape index (κ1) is 22.0. The van der Waals surface area contributed by atoms with Gasteiger partial charge in [-0.1, -0.05) is 30.3 Å². The highest BCUT2D eigenvalue weighted by Crippen LogP contribution is 2.42. The van der Waals surface area contributed by atoms with Crippen molar-refractivity contribution in [3.05, 3.63) is 70.2 Å². The van der Waals surface area contributed by atoms with E-state index < -0.39 is 33.2 Å². The summed E-state index contributed by atoms with van der Waals surface area (Å²) in [5.74, 6) is -4.70. The van der Waals surface area contributed by atoms with Crippen LogP contribution in [0, 0.1) is 0 Å². The lowest BCUT2D eigenvalue weighted by Gasteiger charge is -2.36. The van der Waals surface area contributed by atoms with Crippen molar-refractivity contribution in [1.29, 1.82) is 0 Å². The highest BCUT2D eigenvalue weighted by Gasteiger charge is 2.41. The van der Waals surface area contributed by atoms with Crippen molar-refractivity contribution in [1.82, 2.24) is 0 Å². The molecule has 0 aromatic heterocycles. The van der Waals surface area contributed by atoms with Crippen molar-refractivity contribution < 1.29 is 26.7 Å². The molecule has 28 heavy (non-hydrogen) atoms. The van der Waals surface area contributed by atoms with Gasteiger partial charge >= 0.3 is 5.97 Å². The van der Waals surface area contributed by atoms with Crippen LogP contribution in [0.3, 0.4) is 0 Å². The summed E-state index contributed by atoms with van der Waals surface area (Å²) < 4.78 is 57.6. The average Bonchev–Trinajstić information content (AvgIpc) is 2.59. The Morgan fingerprint density at radius 1 is 1.29 bits per heavy atom. The Balaban J connectivity index is 2.59. The van der Waals surface area contributed by atoms with Gasteiger partial charge in [-0.15, -0.1) is 0 Å². The van der Waals surface area contributed by atoms with Crippen molar-refractivity contribution in [2.24, 2.45) is 5.73 Å². The van der Waals surface area contributed by atoms with Crippen molar-refractivity contribution >= 4 is 15.8 Å². The standard InChI is InChI=1S/C20H23F2NO4S/c1-5-10-20(21,22)15-8-6-13(7-9-15)17-16(28(4,25)26)11-14(18(24)27-3)12-19(17,2)23/h5-12,17H,23H2,1-4H3. The van der Waals surface area contributed by atoms with Crippen LogP contribution < -0.4 is 5.73 Å². The molecule has 5 nitrogen and oxygen atoms in total. The molecular formula is C20H23F2NO4S. The van der Waals surface area contributed by atoms with E-state index in [-0.39, 0.29) is 16.0 Å². The second-order valence-corrected chi connectivity index (χ2v) is 8.97. The zero-order valence-corrected chi connectivity index (χ0v) is 16.9. The fourth-order valence-electron chi connectivity index (χ4n) is 3.29. The van der Waals surface area contributed by atoms with Crippen molar-refractivity contribution in [2.45, 2.75) is 31.2 Å². The number of allylic oxidation sites excluding steroid dienone is 2. The van der Waals surface area contributed by atoms with Gasteiger partial charge in [-0.3, -0.25) is 0 Å². The van der Waals surface area contributed by atoms with Gasteiger partial charge in [0.2, 0.25) is 0 Å². The van der Waals surface area contributed by atoms with E-state index in [2.05, 4.69) is 4.74 Å². The van der Waals surface area contributed by atoms with Gasteiger partial charge in [-0.05, 0) is 37.6 Å². The monoisotopic (exact) mass is 411 g/mol. The highest BCUT2D eigenvalue weighted by molar-refractivity contribution is 7.94. The van der Waals surface area contributed by atoms with Crippen LogP contribution in [-0.4, -0.2) is 33.3 Å². The van der Waals surface area contributed by atoms with Gasteiger partial charge in [-0.25, -0.2) is 13.2 Å². The molecule has 0 saturated heterocycles. The SMILES string of the molecule is CC=CC(F)(F)c1ccc(C2C(S(C)(=O)=O)=CC(C(=O)OC)=CC2(C)N)cc1. The quantitative estimate of drug-likeness (QED) is 0.594. The number of benzene rings is 1. The lowest BCUT2D eigenvalue weighted by molar-refractivity contribution is -0.135. The molecule has 0 saturated carbocycles. The first-order valence-corrected chi connectivity index (χ1v) is 10.4. The fraction of sp³-hybridized carbons (Fsp3) is 0.350. The Kier molecular flexibility index (Phi) is 5.96. The molecule has 1 aliphatic rings. The maximum atomic E-state index is 14.0. The topological polar surface area (TPSA) is 86.5 Å². The Morgan fingerprint density at radius 2 is 1.86 bits per heavy atom. The fourth-order valence-corrected chi connectivity index (χ4v) is 4.45. The predicted octanol–water partition coefficient (Wildman–Crippen LogP) is 3.20. The van der Waals surface area contributed by atoms with Crippen LogP contribution in [0.2, 0.25) is 0 Å². The number of hydrogen-bond acceptors (Lipinski definition) is 5. The third-order valence-electron chi connectivity index (χ3n) is 4.52. The molecule has 2 atom stereocenters. The van der Waals surface area contributed by atoms with Crippen LogP contribution in [-0.2, 0) is 25.3 Å². The second-order valence-electron chi connectivity index (χ2n) is 6.95. The van der Waals surface area contributed by atoms with E-state index in [9.17, 15) is 22.0 Å². The number of halogens is 2. The van der Waals surface area contributed by atoms with E-state index in [0.29, 0.717) is 5.56 Å². The number of esters is 1. The van der Waals surface area contributed by atoms with E-state index in [1.54, 1.807) is 6.92 Å². The molecule has 0 radical (unpaired) electrons. The summed E-state index contributed by atoms with van der Waals surface area (Å²) in [4.78, 5) is 11.8. The summed E-state index contributed by atoms with van der Waals surface area (Å²) in [5.41, 5.74) is 5.34. The maximum Gasteiger partial charge on any atom is 0.337 e. The zero-order chi connectivity index (χ0) is 21.3. The van der Waals surface area contributed by atoms with Gasteiger partial charge < -0.3 is 10.5 Å². The third kappa shape index (κ3) is 4.39. The number of sulfone groups is 1. The first-order chi connectivity index (χ1) is 12.8. The van der Waals surface area contributed by atoms with Gasteiger partial charge in [0.05, 0.1) is 17.6 Å². The lowest BCUT2D eigenvalue weighted by Crippen LogP contribution is -2.45. The Morgan fingerprint density at radius 3 is 2.32 bits per heavy atom. The van der Waals surface area contributed by atoms with E-state index in [0.717, 1.165) is 12.3 Å². The number of carbonyl (C=O) groups is 1. The Bertz CT molecular complexity index is 958. The van der Waals surface area contributed by atoms with Crippen molar-refractivity contribution in [3.8, 4) is 0 Å². The van der Waals surface area contributed by atoms with Crippen LogP contribution in [0.15, 0.2) is 59.0 Å². The number of nitrogens with two attached hydrogens (primary N) is 1. The van der Waals surface area contributed by atoms with Gasteiger partial charge in [-0.2, -0.15) is 8.78 Å². The molecule has 2 N–H and O–H groups in total. The number of methoxy groups -OCH3 is 1. The molecule has 1 aromatic carbocycles. The summed E-state index contributed by atoms with van der Waals surface area (Å²) >= 11 is 0. The van der Waals surface area contributed by atoms with E-state index in [1.807, 2.05) is 0 Å². The van der Waals surface area contributed by atoms with Gasteiger partial charge in [0.25, 0.3) is 5.92 Å². The Hall–Kier alpha value is -2.32. The minimum atomic E-state index is -3.74. The van der Waals surface area contributed by atoms with Gasteiger partial charge in [0, 0.05) is 23.3 Å². The molecule has 0 spiro atoms. The van der Waals surface area contributed by atoms with Crippen LogP contribution >= 0.6 is 0 Å². The molecule has 152 valence electrons. The van der Waals surface area contributed by atoms with E-state index >= 15 is 0 Å². The summed E-state index contributed by atoms with van der Waals surface area (Å²) in [6.45, 7) is 3.07. The van der Waals surface area contributed by atoms with Gasteiger partial charge in [0.15, 0.2) is 9.84 Å². The first-order valence-electron chi connectivity index (χ1n) is 8.47. The number of alkyl halides is 2. The van der Waals surface area contributed by atoms with Gasteiger partial charge in [0.1, 0.15) is 0 Å². The van der Waals surface area contributed by atoms with Crippen LogP contribution in [0.25, 0.3) is 0 Å². The summed E-state index contributed by atoms with van der Waals surface area (Å²) in [5, 5.41) is 0. The highest BCUT2D eigenvalue weighted by atomic mass is 32.2. The van der Waals surface area contributed by atoms with Crippen molar-refractivity contribution in [2.75, 3.05) is 13.4 Å². The molecule has 0 amide bonds. The van der Waals surface area contributed by atoms with E-state index in [1.165, 1.54) is 56.5 Å². The normalized spacial score (nSPS) is 23.3. The maximum absolute atomic E-state index is 14.0. The molecule has 2 rings (SSSR count). The van der Waals surface area contributed by atoms with Crippen LogP contribution in [0.1, 0.15) is 30.9 Å². The average molecular weight is 411 g/mol. The molecular weight excluding hydrogens is 388 g/mol. The molecule has 1 aliphatic carbocycles. The summed E-state index contributed by atoms with van der Waals surface area (Å²) in [6, 6.07) is 5.34. The zero-order valence-electron chi connectivity index (χ0n) is 16.1. The van der Waals surface area contributed by atoms with Crippen molar-refractivity contribution in [3.63, 3.8) is 0 Å². The van der Waals surface area contributed by atoms with Crippen LogP contribution in [0.5, 0.6) is 0 Å². The number of ether oxygens (including phenoxy) is 1. The van der Waals surface area contributed by atoms with E-state index in [4.69, 9.17) is 5.73 Å². The smallest absolute Gasteiger partial charge is 0.337 e. The molecule has 0 bridgehead atoms. The third-order valence-corrected chi connectivity index (χ3v) is 5.73. The number of rotatable bonds is 5. The van der Waals surface area contributed by atoms with Crippen LogP contribution in [0.4, 0.5) is 8.78 Å². The number of hydrogen-bond donors (Lipinski definition) is 1. The molecule has 8 heteroatoms. The molecule has 2 unspecified atom stereocenters. The summed E-state index contributed by atoms with van der Waals surface area (Å²) in [6.07, 6.45) is 5.71.